The molecule has 13 heavy (non-hydrogen) atoms. The van der Waals surface area contributed by atoms with Gasteiger partial charge in [-0.05, 0) is 32.7 Å². The van der Waals surface area contributed by atoms with E-state index in [9.17, 15) is 0 Å². The Morgan fingerprint density at radius 1 is 1.31 bits per heavy atom. The summed E-state index contributed by atoms with van der Waals surface area (Å²) in [5.41, 5.74) is 0. The molecule has 0 saturated heterocycles. The Morgan fingerprint density at radius 2 is 2.08 bits per heavy atom. The molecule has 0 heterocycles. The van der Waals surface area contributed by atoms with E-state index in [1.54, 1.807) is 0 Å². The van der Waals surface area contributed by atoms with Crippen molar-refractivity contribution in [2.24, 2.45) is 0 Å². The molecule has 1 atom stereocenters. The highest BCUT2D eigenvalue weighted by atomic mass is 15.0. The van der Waals surface area contributed by atoms with Gasteiger partial charge in [-0.15, -0.1) is 0 Å². The first-order chi connectivity index (χ1) is 6.33. The first kappa shape index (κ1) is 11.0. The zero-order valence-electron chi connectivity index (χ0n) is 9.10. The number of nitrogens with one attached hydrogen (secondary N) is 2. The summed E-state index contributed by atoms with van der Waals surface area (Å²) in [5.74, 6) is 0. The Morgan fingerprint density at radius 3 is 2.69 bits per heavy atom. The van der Waals surface area contributed by atoms with Crippen molar-refractivity contribution < 1.29 is 0 Å². The number of rotatable bonds is 8. The van der Waals surface area contributed by atoms with E-state index in [2.05, 4.69) is 24.5 Å². The Labute approximate surface area is 82.5 Å². The van der Waals surface area contributed by atoms with E-state index in [0.717, 1.165) is 12.6 Å². The maximum atomic E-state index is 3.54. The molecule has 0 aromatic carbocycles. The molecular weight excluding hydrogens is 160 g/mol. The van der Waals surface area contributed by atoms with Gasteiger partial charge in [0.1, 0.15) is 0 Å². The minimum absolute atomic E-state index is 0.637. The van der Waals surface area contributed by atoms with Crippen molar-refractivity contribution in [2.75, 3.05) is 13.1 Å². The van der Waals surface area contributed by atoms with Crippen LogP contribution < -0.4 is 10.6 Å². The van der Waals surface area contributed by atoms with Gasteiger partial charge in [0.05, 0.1) is 0 Å². The van der Waals surface area contributed by atoms with Crippen LogP contribution >= 0.6 is 0 Å². The maximum Gasteiger partial charge on any atom is 0.0164 e. The second-order valence-electron chi connectivity index (χ2n) is 4.24. The van der Waals surface area contributed by atoms with Crippen LogP contribution in [0.2, 0.25) is 0 Å². The average molecular weight is 184 g/mol. The molecule has 1 aliphatic rings. The fourth-order valence-electron chi connectivity index (χ4n) is 1.43. The lowest BCUT2D eigenvalue weighted by molar-refractivity contribution is 0.488. The molecule has 0 amide bonds. The van der Waals surface area contributed by atoms with Crippen LogP contribution in [-0.4, -0.2) is 25.2 Å². The predicted molar refractivity (Wildman–Crippen MR) is 58.0 cm³/mol. The third-order valence-electron chi connectivity index (χ3n) is 2.56. The van der Waals surface area contributed by atoms with Crippen molar-refractivity contribution in [3.8, 4) is 0 Å². The Balaban J connectivity index is 1.81. The highest BCUT2D eigenvalue weighted by Crippen LogP contribution is 2.18. The molecule has 2 N–H and O–H groups in total. The van der Waals surface area contributed by atoms with Crippen LogP contribution in [0, 0.1) is 0 Å². The van der Waals surface area contributed by atoms with Crippen LogP contribution in [0.3, 0.4) is 0 Å². The zero-order valence-corrected chi connectivity index (χ0v) is 9.10. The molecule has 1 unspecified atom stereocenters. The summed E-state index contributed by atoms with van der Waals surface area (Å²) in [5, 5.41) is 7.07. The highest BCUT2D eigenvalue weighted by Gasteiger charge is 2.20. The van der Waals surface area contributed by atoms with Gasteiger partial charge < -0.3 is 10.6 Å². The molecule has 0 bridgehead atoms. The molecule has 0 aromatic rings. The summed E-state index contributed by atoms with van der Waals surface area (Å²) < 4.78 is 0. The lowest BCUT2D eigenvalue weighted by atomic mass is 10.2. The van der Waals surface area contributed by atoms with E-state index >= 15 is 0 Å². The van der Waals surface area contributed by atoms with Crippen LogP contribution in [0.25, 0.3) is 0 Å². The normalized spacial score (nSPS) is 18.9. The van der Waals surface area contributed by atoms with E-state index in [0.29, 0.717) is 6.04 Å². The summed E-state index contributed by atoms with van der Waals surface area (Å²) in [6.45, 7) is 6.83. The van der Waals surface area contributed by atoms with Gasteiger partial charge in [0, 0.05) is 18.6 Å². The van der Waals surface area contributed by atoms with E-state index in [1.807, 2.05) is 0 Å². The summed E-state index contributed by atoms with van der Waals surface area (Å²) in [6, 6.07) is 1.48. The summed E-state index contributed by atoms with van der Waals surface area (Å²) in [7, 11) is 0. The topological polar surface area (TPSA) is 24.1 Å². The van der Waals surface area contributed by atoms with Crippen LogP contribution in [0.4, 0.5) is 0 Å². The summed E-state index contributed by atoms with van der Waals surface area (Å²) in [6.07, 6.45) is 6.78. The van der Waals surface area contributed by atoms with Gasteiger partial charge in [0.15, 0.2) is 0 Å². The third kappa shape index (κ3) is 6.05. The molecule has 2 nitrogen and oxygen atoms in total. The second-order valence-corrected chi connectivity index (χ2v) is 4.24. The predicted octanol–water partition coefficient (Wildman–Crippen LogP) is 1.91. The molecule has 0 aliphatic heterocycles. The van der Waals surface area contributed by atoms with Crippen molar-refractivity contribution >= 4 is 0 Å². The molecule has 1 saturated carbocycles. The fraction of sp³-hybridized carbons (Fsp3) is 1.00. The quantitative estimate of drug-likeness (QED) is 0.563. The Bertz CT molecular complexity index is 121. The largest absolute Gasteiger partial charge is 0.313 e. The van der Waals surface area contributed by atoms with Crippen molar-refractivity contribution in [2.45, 2.75) is 58.0 Å². The molecule has 1 fully saturated rings. The van der Waals surface area contributed by atoms with Gasteiger partial charge in [-0.25, -0.2) is 0 Å². The number of unbranched alkanes of at least 4 members (excludes halogenated alkanes) is 2. The maximum absolute atomic E-state index is 3.54. The van der Waals surface area contributed by atoms with Gasteiger partial charge in [-0.2, -0.15) is 0 Å². The minimum Gasteiger partial charge on any atom is -0.313 e. The average Bonchev–Trinajstić information content (AvgIpc) is 2.92. The Kier molecular flexibility index (Phi) is 5.40. The standard InChI is InChI=1S/C11H24N2/c1-3-4-5-8-12-10(2)9-13-11-6-7-11/h10-13H,3-9H2,1-2H3. The van der Waals surface area contributed by atoms with Crippen molar-refractivity contribution in [1.82, 2.24) is 10.6 Å². The summed E-state index contributed by atoms with van der Waals surface area (Å²) in [4.78, 5) is 0. The van der Waals surface area contributed by atoms with Crippen molar-refractivity contribution in [1.29, 1.82) is 0 Å². The molecule has 0 radical (unpaired) electrons. The number of hydrogen-bond donors (Lipinski definition) is 2. The van der Waals surface area contributed by atoms with Gasteiger partial charge in [-0.3, -0.25) is 0 Å². The lowest BCUT2D eigenvalue weighted by Crippen LogP contribution is -2.37. The van der Waals surface area contributed by atoms with Gasteiger partial charge >= 0.3 is 0 Å². The molecule has 1 rings (SSSR count). The van der Waals surface area contributed by atoms with Crippen LogP contribution in [0.15, 0.2) is 0 Å². The molecule has 2 heteroatoms. The fourth-order valence-corrected chi connectivity index (χ4v) is 1.43. The van der Waals surface area contributed by atoms with Gasteiger partial charge in [0.25, 0.3) is 0 Å². The van der Waals surface area contributed by atoms with Crippen LogP contribution in [0.1, 0.15) is 46.0 Å². The van der Waals surface area contributed by atoms with Gasteiger partial charge in [-0.1, -0.05) is 19.8 Å². The van der Waals surface area contributed by atoms with Gasteiger partial charge in [0.2, 0.25) is 0 Å². The first-order valence-electron chi connectivity index (χ1n) is 5.79. The molecule has 78 valence electrons. The third-order valence-corrected chi connectivity index (χ3v) is 2.56. The van der Waals surface area contributed by atoms with E-state index < -0.39 is 0 Å². The summed E-state index contributed by atoms with van der Waals surface area (Å²) >= 11 is 0. The second kappa shape index (κ2) is 6.39. The first-order valence-corrected chi connectivity index (χ1v) is 5.79. The van der Waals surface area contributed by atoms with Crippen LogP contribution in [-0.2, 0) is 0 Å². The van der Waals surface area contributed by atoms with E-state index in [-0.39, 0.29) is 0 Å². The highest BCUT2D eigenvalue weighted by molar-refractivity contribution is 4.82. The zero-order chi connectivity index (χ0) is 9.52. The van der Waals surface area contributed by atoms with E-state index in [1.165, 1.54) is 38.6 Å². The molecule has 0 aromatic heterocycles. The van der Waals surface area contributed by atoms with Crippen LogP contribution in [0.5, 0.6) is 0 Å². The van der Waals surface area contributed by atoms with Crippen molar-refractivity contribution in [3.05, 3.63) is 0 Å². The van der Waals surface area contributed by atoms with E-state index in [4.69, 9.17) is 0 Å². The Hall–Kier alpha value is -0.0800. The SMILES string of the molecule is CCCCCNC(C)CNC1CC1. The number of hydrogen-bond acceptors (Lipinski definition) is 2. The molecule has 0 spiro atoms. The molecule has 1 aliphatic carbocycles. The monoisotopic (exact) mass is 184 g/mol. The lowest BCUT2D eigenvalue weighted by Gasteiger charge is -2.13. The smallest absolute Gasteiger partial charge is 0.0164 e. The minimum atomic E-state index is 0.637. The molecular formula is C11H24N2. The van der Waals surface area contributed by atoms with Crippen molar-refractivity contribution in [3.63, 3.8) is 0 Å².